The molecule has 0 spiro atoms. The summed E-state index contributed by atoms with van der Waals surface area (Å²) in [4.78, 5) is 4.24. The molecule has 0 radical (unpaired) electrons. The van der Waals surface area contributed by atoms with Crippen molar-refractivity contribution in [1.82, 2.24) is 0 Å². The molecular formula is C12H13F3N2S. The zero-order valence-corrected chi connectivity index (χ0v) is 10.7. The molecule has 1 aromatic carbocycles. The van der Waals surface area contributed by atoms with Crippen molar-refractivity contribution in [3.8, 4) is 0 Å². The lowest BCUT2D eigenvalue weighted by atomic mass is 10.2. The van der Waals surface area contributed by atoms with Crippen LogP contribution in [-0.4, -0.2) is 17.0 Å². The highest BCUT2D eigenvalue weighted by Gasteiger charge is 2.19. The van der Waals surface area contributed by atoms with Gasteiger partial charge in [-0.1, -0.05) is 25.1 Å². The monoisotopic (exact) mass is 274 g/mol. The number of hydrogen-bond donors (Lipinski definition) is 1. The summed E-state index contributed by atoms with van der Waals surface area (Å²) in [6, 6.07) is 1.85. The normalized spacial score (nSPS) is 18.9. The third-order valence-corrected chi connectivity index (χ3v) is 3.74. The molecule has 1 aliphatic rings. The highest BCUT2D eigenvalue weighted by Crippen LogP contribution is 2.26. The molecule has 2 nitrogen and oxygen atoms in total. The van der Waals surface area contributed by atoms with Crippen LogP contribution < -0.4 is 5.32 Å². The number of rotatable bonds is 3. The average molecular weight is 274 g/mol. The minimum absolute atomic E-state index is 0.176. The summed E-state index contributed by atoms with van der Waals surface area (Å²) in [5, 5.41) is 3.84. The van der Waals surface area contributed by atoms with E-state index in [9.17, 15) is 13.2 Å². The van der Waals surface area contributed by atoms with Crippen LogP contribution in [-0.2, 0) is 0 Å². The van der Waals surface area contributed by atoms with Gasteiger partial charge in [-0.15, -0.1) is 0 Å². The molecule has 2 rings (SSSR count). The Kier molecular flexibility index (Phi) is 4.16. The van der Waals surface area contributed by atoms with E-state index >= 15 is 0 Å². The fraction of sp³-hybridized carbons (Fsp3) is 0.417. The molecule has 0 aromatic heterocycles. The van der Waals surface area contributed by atoms with Gasteiger partial charge in [-0.2, -0.15) is 0 Å². The fourth-order valence-electron chi connectivity index (χ4n) is 1.71. The van der Waals surface area contributed by atoms with Crippen LogP contribution in [0.2, 0.25) is 0 Å². The van der Waals surface area contributed by atoms with Crippen molar-refractivity contribution < 1.29 is 13.2 Å². The van der Waals surface area contributed by atoms with Gasteiger partial charge >= 0.3 is 0 Å². The van der Waals surface area contributed by atoms with E-state index in [1.54, 1.807) is 11.8 Å². The molecular weight excluding hydrogens is 261 g/mol. The number of thioether (sulfide) groups is 1. The molecule has 1 heterocycles. The molecule has 1 aliphatic heterocycles. The van der Waals surface area contributed by atoms with Crippen LogP contribution in [0.25, 0.3) is 0 Å². The van der Waals surface area contributed by atoms with E-state index in [0.717, 1.165) is 25.0 Å². The first-order valence-electron chi connectivity index (χ1n) is 5.72. The molecule has 0 saturated heterocycles. The van der Waals surface area contributed by atoms with Crippen LogP contribution in [0.5, 0.6) is 0 Å². The van der Waals surface area contributed by atoms with E-state index in [2.05, 4.69) is 17.2 Å². The zero-order chi connectivity index (χ0) is 13.1. The molecule has 0 amide bonds. The van der Waals surface area contributed by atoms with Gasteiger partial charge in [0.05, 0.1) is 6.54 Å². The first-order valence-corrected chi connectivity index (χ1v) is 6.60. The number of nitrogens with zero attached hydrogens (tertiary/aromatic N) is 1. The van der Waals surface area contributed by atoms with Gasteiger partial charge in [0, 0.05) is 23.1 Å². The molecule has 6 heteroatoms. The molecule has 98 valence electrons. The molecule has 18 heavy (non-hydrogen) atoms. The van der Waals surface area contributed by atoms with Crippen LogP contribution in [0.3, 0.4) is 0 Å². The largest absolute Gasteiger partial charge is 0.335 e. The molecule has 0 fully saturated rings. The highest BCUT2D eigenvalue weighted by atomic mass is 32.2. The third kappa shape index (κ3) is 2.98. The number of nitrogens with one attached hydrogen (secondary N) is 1. The van der Waals surface area contributed by atoms with E-state index in [1.807, 2.05) is 0 Å². The standard InChI is InChI=1S/C12H13F3N2S/c1-2-3-8-6-16-12(18-8)17-7-4-9(13)11(15)10(14)5-7/h4-5,8H,2-3,6H2,1H3,(H,16,17). The summed E-state index contributed by atoms with van der Waals surface area (Å²) in [6.07, 6.45) is 2.12. The van der Waals surface area contributed by atoms with Crippen molar-refractivity contribution in [3.63, 3.8) is 0 Å². The van der Waals surface area contributed by atoms with Gasteiger partial charge in [-0.05, 0) is 6.42 Å². The van der Waals surface area contributed by atoms with Gasteiger partial charge in [0.25, 0.3) is 0 Å². The van der Waals surface area contributed by atoms with E-state index in [-0.39, 0.29) is 5.69 Å². The highest BCUT2D eigenvalue weighted by molar-refractivity contribution is 8.15. The maximum absolute atomic E-state index is 13.0. The van der Waals surface area contributed by atoms with Crippen molar-refractivity contribution in [3.05, 3.63) is 29.6 Å². The summed E-state index contributed by atoms with van der Waals surface area (Å²) in [6.45, 7) is 2.80. The SMILES string of the molecule is CCCC1CN=C(Nc2cc(F)c(F)c(F)c2)S1. The van der Waals surface area contributed by atoms with Gasteiger partial charge in [-0.25, -0.2) is 13.2 Å². The molecule has 1 atom stereocenters. The third-order valence-electron chi connectivity index (χ3n) is 2.56. The molecule has 1 aromatic rings. The van der Waals surface area contributed by atoms with E-state index < -0.39 is 17.5 Å². The Morgan fingerprint density at radius 2 is 2.00 bits per heavy atom. The molecule has 0 bridgehead atoms. The molecule has 1 N–H and O–H groups in total. The fourth-order valence-corrected chi connectivity index (χ4v) is 2.85. The zero-order valence-electron chi connectivity index (χ0n) is 9.84. The number of halogens is 3. The summed E-state index contributed by atoms with van der Waals surface area (Å²) in [5.41, 5.74) is 0.176. The van der Waals surface area contributed by atoms with Gasteiger partial charge in [0.2, 0.25) is 0 Å². The first kappa shape index (κ1) is 13.3. The smallest absolute Gasteiger partial charge is 0.194 e. The second-order valence-corrected chi connectivity index (χ2v) is 5.34. The Labute approximate surface area is 108 Å². The van der Waals surface area contributed by atoms with E-state index in [1.165, 1.54) is 0 Å². The van der Waals surface area contributed by atoms with Crippen LogP contribution >= 0.6 is 11.8 Å². The van der Waals surface area contributed by atoms with E-state index in [0.29, 0.717) is 17.0 Å². The Bertz CT molecular complexity index is 453. The van der Waals surface area contributed by atoms with Crippen LogP contribution in [0.15, 0.2) is 17.1 Å². The number of aliphatic imine (C=N–C) groups is 1. The summed E-state index contributed by atoms with van der Waals surface area (Å²) in [5.74, 6) is -3.86. The predicted molar refractivity (Wildman–Crippen MR) is 68.5 cm³/mol. The van der Waals surface area contributed by atoms with Gasteiger partial charge < -0.3 is 5.32 Å². The number of benzene rings is 1. The maximum Gasteiger partial charge on any atom is 0.194 e. The van der Waals surface area contributed by atoms with Crippen LogP contribution in [0.4, 0.5) is 18.9 Å². The van der Waals surface area contributed by atoms with Crippen molar-refractivity contribution in [1.29, 1.82) is 0 Å². The lowest BCUT2D eigenvalue weighted by molar-refractivity contribution is 0.448. The quantitative estimate of drug-likeness (QED) is 0.848. The van der Waals surface area contributed by atoms with Gasteiger partial charge in [0.15, 0.2) is 22.6 Å². The Balaban J connectivity index is 2.03. The first-order chi connectivity index (χ1) is 8.60. The maximum atomic E-state index is 13.0. The Morgan fingerprint density at radius 3 is 2.61 bits per heavy atom. The van der Waals surface area contributed by atoms with E-state index in [4.69, 9.17) is 0 Å². The topological polar surface area (TPSA) is 24.4 Å². The summed E-state index contributed by atoms with van der Waals surface area (Å²) < 4.78 is 38.8. The Hall–Kier alpha value is -1.17. The number of amidine groups is 1. The second kappa shape index (κ2) is 5.65. The lowest BCUT2D eigenvalue weighted by Gasteiger charge is -2.08. The predicted octanol–water partition coefficient (Wildman–Crippen LogP) is 3.79. The minimum Gasteiger partial charge on any atom is -0.335 e. The lowest BCUT2D eigenvalue weighted by Crippen LogP contribution is -2.08. The Morgan fingerprint density at radius 1 is 1.33 bits per heavy atom. The second-order valence-electron chi connectivity index (χ2n) is 4.05. The van der Waals surface area contributed by atoms with Crippen LogP contribution in [0, 0.1) is 17.5 Å². The van der Waals surface area contributed by atoms with Crippen molar-refractivity contribution >= 4 is 22.6 Å². The van der Waals surface area contributed by atoms with Crippen LogP contribution in [0.1, 0.15) is 19.8 Å². The summed E-state index contributed by atoms with van der Waals surface area (Å²) in [7, 11) is 0. The average Bonchev–Trinajstić information content (AvgIpc) is 2.74. The number of hydrogen-bond acceptors (Lipinski definition) is 3. The van der Waals surface area contributed by atoms with Gasteiger partial charge in [0.1, 0.15) is 0 Å². The molecule has 0 saturated carbocycles. The summed E-state index contributed by atoms with van der Waals surface area (Å²) >= 11 is 1.55. The molecule has 0 aliphatic carbocycles. The van der Waals surface area contributed by atoms with Gasteiger partial charge in [-0.3, -0.25) is 4.99 Å². The van der Waals surface area contributed by atoms with Crippen molar-refractivity contribution in [2.45, 2.75) is 25.0 Å². The van der Waals surface area contributed by atoms with Crippen molar-refractivity contribution in [2.24, 2.45) is 4.99 Å². The molecule has 1 unspecified atom stereocenters. The minimum atomic E-state index is -1.45. The number of anilines is 1. The van der Waals surface area contributed by atoms with Crippen molar-refractivity contribution in [2.75, 3.05) is 11.9 Å².